The highest BCUT2D eigenvalue weighted by Gasteiger charge is 2.36. The third kappa shape index (κ3) is 3.39. The van der Waals surface area contributed by atoms with E-state index >= 15 is 0 Å². The van der Waals surface area contributed by atoms with Crippen LogP contribution in [0.4, 0.5) is 0 Å². The van der Waals surface area contributed by atoms with Crippen molar-refractivity contribution in [2.24, 2.45) is 5.41 Å². The molecule has 0 spiro atoms. The normalized spacial score (nSPS) is 24.5. The molecule has 14 heavy (non-hydrogen) atoms. The van der Waals surface area contributed by atoms with Gasteiger partial charge >= 0.3 is 0 Å². The van der Waals surface area contributed by atoms with Crippen molar-refractivity contribution in [3.05, 3.63) is 0 Å². The lowest BCUT2D eigenvalue weighted by molar-refractivity contribution is -0.292. The van der Waals surface area contributed by atoms with Gasteiger partial charge in [0.1, 0.15) is 6.29 Å². The minimum atomic E-state index is -0.474. The lowest BCUT2D eigenvalue weighted by Gasteiger charge is -2.41. The van der Waals surface area contributed by atoms with Gasteiger partial charge in [0.25, 0.3) is 0 Å². The van der Waals surface area contributed by atoms with Crippen LogP contribution in [0, 0.1) is 5.41 Å². The van der Waals surface area contributed by atoms with Gasteiger partial charge in [-0.25, -0.2) is 0 Å². The van der Waals surface area contributed by atoms with Crippen molar-refractivity contribution < 1.29 is 14.3 Å². The van der Waals surface area contributed by atoms with E-state index in [9.17, 15) is 4.79 Å². The second-order valence-electron chi connectivity index (χ2n) is 4.93. The maximum Gasteiger partial charge on any atom is 0.165 e. The van der Waals surface area contributed by atoms with Crippen molar-refractivity contribution in [3.8, 4) is 0 Å². The zero-order chi connectivity index (χ0) is 10.7. The van der Waals surface area contributed by atoms with E-state index < -0.39 is 5.79 Å². The molecule has 0 N–H and O–H groups in total. The average Bonchev–Trinajstić information content (AvgIpc) is 2.12. The number of rotatable bonds is 4. The second-order valence-corrected chi connectivity index (χ2v) is 4.93. The molecule has 0 aromatic rings. The molecule has 0 aromatic carbocycles. The predicted octanol–water partition coefficient (Wildman–Crippen LogP) is 2.14. The van der Waals surface area contributed by atoms with Crippen molar-refractivity contribution in [1.82, 2.24) is 0 Å². The highest BCUT2D eigenvalue weighted by Crippen LogP contribution is 2.31. The van der Waals surface area contributed by atoms with Gasteiger partial charge in [-0.15, -0.1) is 0 Å². The van der Waals surface area contributed by atoms with Crippen LogP contribution < -0.4 is 0 Å². The molecule has 3 nitrogen and oxygen atoms in total. The molecule has 1 aliphatic rings. The van der Waals surface area contributed by atoms with E-state index in [1.165, 1.54) is 0 Å². The fourth-order valence-corrected chi connectivity index (χ4v) is 1.43. The molecule has 0 atom stereocenters. The van der Waals surface area contributed by atoms with Gasteiger partial charge < -0.3 is 14.3 Å². The van der Waals surface area contributed by atoms with E-state index in [0.29, 0.717) is 6.42 Å². The van der Waals surface area contributed by atoms with E-state index in [1.807, 2.05) is 6.92 Å². The van der Waals surface area contributed by atoms with Gasteiger partial charge in [-0.05, 0) is 13.3 Å². The van der Waals surface area contributed by atoms with Crippen LogP contribution in [0.3, 0.4) is 0 Å². The minimum absolute atomic E-state index is 0.115. The van der Waals surface area contributed by atoms with E-state index in [1.54, 1.807) is 0 Å². The minimum Gasteiger partial charge on any atom is -0.350 e. The third-order valence-corrected chi connectivity index (χ3v) is 2.49. The molecule has 0 radical (unpaired) electrons. The summed E-state index contributed by atoms with van der Waals surface area (Å²) < 4.78 is 11.4. The first kappa shape index (κ1) is 11.7. The van der Waals surface area contributed by atoms with Crippen LogP contribution in [0.2, 0.25) is 0 Å². The summed E-state index contributed by atoms with van der Waals surface area (Å²) >= 11 is 0. The van der Waals surface area contributed by atoms with Gasteiger partial charge in [-0.2, -0.15) is 0 Å². The van der Waals surface area contributed by atoms with Crippen LogP contribution in [0.15, 0.2) is 0 Å². The SMILES string of the molecule is CC1(C)COC(C)(CCCC=O)OC1. The summed E-state index contributed by atoms with van der Waals surface area (Å²) in [5, 5.41) is 0. The monoisotopic (exact) mass is 200 g/mol. The Morgan fingerprint density at radius 2 is 1.79 bits per heavy atom. The zero-order valence-corrected chi connectivity index (χ0v) is 9.34. The van der Waals surface area contributed by atoms with Crippen molar-refractivity contribution in [2.75, 3.05) is 13.2 Å². The summed E-state index contributed by atoms with van der Waals surface area (Å²) in [5.74, 6) is -0.474. The number of hydrogen-bond acceptors (Lipinski definition) is 3. The lowest BCUT2D eigenvalue weighted by atomic mass is 9.94. The molecule has 1 aliphatic heterocycles. The Bertz CT molecular complexity index is 189. The summed E-state index contributed by atoms with van der Waals surface area (Å²) in [6.45, 7) is 7.65. The van der Waals surface area contributed by atoms with Crippen LogP contribution in [0.5, 0.6) is 0 Å². The largest absolute Gasteiger partial charge is 0.350 e. The fourth-order valence-electron chi connectivity index (χ4n) is 1.43. The van der Waals surface area contributed by atoms with Gasteiger partial charge in [0.2, 0.25) is 0 Å². The second kappa shape index (κ2) is 4.41. The summed E-state index contributed by atoms with van der Waals surface area (Å²) in [6, 6.07) is 0. The quantitative estimate of drug-likeness (QED) is 0.515. The molecule has 0 amide bonds. The third-order valence-electron chi connectivity index (χ3n) is 2.49. The summed E-state index contributed by atoms with van der Waals surface area (Å²) in [6.07, 6.45) is 3.16. The smallest absolute Gasteiger partial charge is 0.165 e. The van der Waals surface area contributed by atoms with Crippen LogP contribution in [0.1, 0.15) is 40.0 Å². The Morgan fingerprint density at radius 3 is 2.29 bits per heavy atom. The van der Waals surface area contributed by atoms with E-state index in [-0.39, 0.29) is 5.41 Å². The molecule has 1 heterocycles. The van der Waals surface area contributed by atoms with Crippen molar-refractivity contribution in [1.29, 1.82) is 0 Å². The van der Waals surface area contributed by atoms with Gasteiger partial charge in [-0.3, -0.25) is 0 Å². The van der Waals surface area contributed by atoms with Crippen molar-refractivity contribution in [2.45, 2.75) is 45.8 Å². The van der Waals surface area contributed by atoms with Crippen LogP contribution >= 0.6 is 0 Å². The van der Waals surface area contributed by atoms with E-state index in [2.05, 4.69) is 13.8 Å². The molecular formula is C11H20O3. The molecule has 1 saturated heterocycles. The molecule has 0 aromatic heterocycles. The molecular weight excluding hydrogens is 180 g/mol. The molecule has 3 heteroatoms. The Hall–Kier alpha value is -0.410. The highest BCUT2D eigenvalue weighted by atomic mass is 16.7. The van der Waals surface area contributed by atoms with Gasteiger partial charge in [0.15, 0.2) is 5.79 Å². The molecule has 82 valence electrons. The average molecular weight is 200 g/mol. The maximum absolute atomic E-state index is 10.2. The van der Waals surface area contributed by atoms with Gasteiger partial charge in [0.05, 0.1) is 13.2 Å². The Labute approximate surface area is 85.8 Å². The van der Waals surface area contributed by atoms with Crippen LogP contribution in [-0.2, 0) is 14.3 Å². The number of aldehydes is 1. The zero-order valence-electron chi connectivity index (χ0n) is 9.34. The van der Waals surface area contributed by atoms with E-state index in [0.717, 1.165) is 32.3 Å². The van der Waals surface area contributed by atoms with Crippen molar-refractivity contribution in [3.63, 3.8) is 0 Å². The Morgan fingerprint density at radius 1 is 1.21 bits per heavy atom. The molecule has 0 unspecified atom stereocenters. The van der Waals surface area contributed by atoms with Crippen molar-refractivity contribution >= 4 is 6.29 Å². The Balaban J connectivity index is 2.33. The number of hydrogen-bond donors (Lipinski definition) is 0. The first-order valence-corrected chi connectivity index (χ1v) is 5.19. The molecule has 0 bridgehead atoms. The summed E-state index contributed by atoms with van der Waals surface area (Å²) in [4.78, 5) is 10.2. The van der Waals surface area contributed by atoms with E-state index in [4.69, 9.17) is 9.47 Å². The van der Waals surface area contributed by atoms with Crippen LogP contribution in [0.25, 0.3) is 0 Å². The number of ether oxygens (including phenoxy) is 2. The molecule has 1 fully saturated rings. The van der Waals surface area contributed by atoms with Crippen LogP contribution in [-0.4, -0.2) is 25.3 Å². The predicted molar refractivity (Wildman–Crippen MR) is 54.0 cm³/mol. The Kier molecular flexibility index (Phi) is 3.67. The lowest BCUT2D eigenvalue weighted by Crippen LogP contribution is -2.45. The standard InChI is InChI=1S/C11H20O3/c1-10(2)8-13-11(3,14-9-10)6-4-5-7-12/h7H,4-6,8-9H2,1-3H3. The summed E-state index contributed by atoms with van der Waals surface area (Å²) in [5.41, 5.74) is 0.115. The number of carbonyl (C=O) groups is 1. The topological polar surface area (TPSA) is 35.5 Å². The molecule has 1 rings (SSSR count). The number of unbranched alkanes of at least 4 members (excludes halogenated alkanes) is 1. The molecule has 0 aliphatic carbocycles. The summed E-state index contributed by atoms with van der Waals surface area (Å²) in [7, 11) is 0. The first-order valence-electron chi connectivity index (χ1n) is 5.19. The number of carbonyl (C=O) groups excluding carboxylic acids is 1. The van der Waals surface area contributed by atoms with Gasteiger partial charge in [-0.1, -0.05) is 13.8 Å². The molecule has 0 saturated carbocycles. The fraction of sp³-hybridized carbons (Fsp3) is 0.909. The maximum atomic E-state index is 10.2. The highest BCUT2D eigenvalue weighted by molar-refractivity contribution is 5.48. The van der Waals surface area contributed by atoms with Gasteiger partial charge in [0, 0.05) is 18.3 Å². The first-order chi connectivity index (χ1) is 6.47.